The van der Waals surface area contributed by atoms with Crippen molar-refractivity contribution in [2.75, 3.05) is 13.2 Å². The van der Waals surface area contributed by atoms with Crippen LogP contribution >= 0.6 is 0 Å². The number of ether oxygens (including phenoxy) is 2. The molecule has 0 spiro atoms. The lowest BCUT2D eigenvalue weighted by atomic mass is 10.1. The number of ketones is 1. The standard InChI is InChI=1S/C16H13NO6/c18-15(12-4-2-1-3-5-12)10-23-16(19)11-22-14-8-6-13(7-9-14)17(20)21/h1-9H,10-11H2. The van der Waals surface area contributed by atoms with Gasteiger partial charge in [-0.1, -0.05) is 30.3 Å². The molecule has 0 amide bonds. The van der Waals surface area contributed by atoms with Crippen LogP contribution in [0.25, 0.3) is 0 Å². The summed E-state index contributed by atoms with van der Waals surface area (Å²) in [6, 6.07) is 13.7. The van der Waals surface area contributed by atoms with Gasteiger partial charge in [-0.25, -0.2) is 4.79 Å². The summed E-state index contributed by atoms with van der Waals surface area (Å²) in [7, 11) is 0. The van der Waals surface area contributed by atoms with E-state index in [1.54, 1.807) is 30.3 Å². The molecule has 0 heterocycles. The summed E-state index contributed by atoms with van der Waals surface area (Å²) in [5, 5.41) is 10.5. The van der Waals surface area contributed by atoms with Crippen LogP contribution in [0.15, 0.2) is 54.6 Å². The molecule has 0 radical (unpaired) electrons. The van der Waals surface area contributed by atoms with Gasteiger partial charge in [-0.2, -0.15) is 0 Å². The molecule has 0 bridgehead atoms. The van der Waals surface area contributed by atoms with Crippen LogP contribution < -0.4 is 4.74 Å². The predicted molar refractivity (Wildman–Crippen MR) is 80.3 cm³/mol. The van der Waals surface area contributed by atoms with Crippen LogP contribution in [0.5, 0.6) is 5.75 Å². The second-order valence-corrected chi connectivity index (χ2v) is 4.49. The summed E-state index contributed by atoms with van der Waals surface area (Å²) in [6.07, 6.45) is 0. The Hall–Kier alpha value is -3.22. The molecular formula is C16H13NO6. The van der Waals surface area contributed by atoms with Crippen LogP contribution in [0, 0.1) is 10.1 Å². The summed E-state index contributed by atoms with van der Waals surface area (Å²) in [4.78, 5) is 33.2. The number of non-ortho nitro benzene ring substituents is 1. The maximum atomic E-state index is 11.7. The highest BCUT2D eigenvalue weighted by Crippen LogP contribution is 2.17. The summed E-state index contributed by atoms with van der Waals surface area (Å²) >= 11 is 0. The molecule has 118 valence electrons. The van der Waals surface area contributed by atoms with Crippen LogP contribution in [0.2, 0.25) is 0 Å². The molecule has 0 N–H and O–H groups in total. The maximum absolute atomic E-state index is 11.7. The van der Waals surface area contributed by atoms with Crippen molar-refractivity contribution >= 4 is 17.4 Å². The molecule has 2 rings (SSSR count). The lowest BCUT2D eigenvalue weighted by Crippen LogP contribution is -2.19. The predicted octanol–water partition coefficient (Wildman–Crippen LogP) is 2.40. The number of benzene rings is 2. The quantitative estimate of drug-likeness (QED) is 0.337. The first-order valence-electron chi connectivity index (χ1n) is 6.67. The Labute approximate surface area is 131 Å². The van der Waals surface area contributed by atoms with E-state index in [4.69, 9.17) is 9.47 Å². The third kappa shape index (κ3) is 4.92. The summed E-state index contributed by atoms with van der Waals surface area (Å²) < 4.78 is 9.95. The third-order valence-electron chi connectivity index (χ3n) is 2.86. The second kappa shape index (κ2) is 7.69. The lowest BCUT2D eigenvalue weighted by Gasteiger charge is -2.06. The van der Waals surface area contributed by atoms with Crippen LogP contribution in [0.1, 0.15) is 10.4 Å². The number of Topliss-reactive ketones (excluding diaryl/α,β-unsaturated/α-hetero) is 1. The monoisotopic (exact) mass is 315 g/mol. The Kier molecular flexibility index (Phi) is 5.40. The lowest BCUT2D eigenvalue weighted by molar-refractivity contribution is -0.384. The van der Waals surface area contributed by atoms with E-state index in [1.807, 2.05) is 0 Å². The van der Waals surface area contributed by atoms with E-state index in [2.05, 4.69) is 0 Å². The van der Waals surface area contributed by atoms with Gasteiger partial charge in [0.1, 0.15) is 5.75 Å². The van der Waals surface area contributed by atoms with Gasteiger partial charge in [0.25, 0.3) is 5.69 Å². The SMILES string of the molecule is O=C(COc1ccc([N+](=O)[O-])cc1)OCC(=O)c1ccccc1. The van der Waals surface area contributed by atoms with Gasteiger partial charge in [0.2, 0.25) is 0 Å². The first-order valence-corrected chi connectivity index (χ1v) is 6.67. The Balaban J connectivity index is 1.77. The van der Waals surface area contributed by atoms with E-state index < -0.39 is 10.9 Å². The average molecular weight is 315 g/mol. The zero-order valence-electron chi connectivity index (χ0n) is 12.0. The van der Waals surface area contributed by atoms with Crippen LogP contribution in [0.4, 0.5) is 5.69 Å². The van der Waals surface area contributed by atoms with E-state index in [9.17, 15) is 19.7 Å². The highest BCUT2D eigenvalue weighted by atomic mass is 16.6. The molecule has 0 saturated heterocycles. The van der Waals surface area contributed by atoms with Crippen molar-refractivity contribution in [3.8, 4) is 5.75 Å². The zero-order valence-corrected chi connectivity index (χ0v) is 12.0. The minimum absolute atomic E-state index is 0.0756. The molecule has 2 aromatic rings. The van der Waals surface area contributed by atoms with Crippen LogP contribution in [-0.4, -0.2) is 29.9 Å². The zero-order chi connectivity index (χ0) is 16.7. The fourth-order valence-electron chi connectivity index (χ4n) is 1.70. The number of nitrogens with zero attached hydrogens (tertiary/aromatic N) is 1. The van der Waals surface area contributed by atoms with Crippen LogP contribution in [-0.2, 0) is 9.53 Å². The van der Waals surface area contributed by atoms with E-state index >= 15 is 0 Å². The number of nitro benzene ring substituents is 1. The smallest absolute Gasteiger partial charge is 0.344 e. The normalized spacial score (nSPS) is 9.91. The summed E-state index contributed by atoms with van der Waals surface area (Å²) in [6.45, 7) is -0.758. The number of hydrogen-bond acceptors (Lipinski definition) is 6. The topological polar surface area (TPSA) is 95.7 Å². The van der Waals surface area contributed by atoms with E-state index in [1.165, 1.54) is 24.3 Å². The largest absolute Gasteiger partial charge is 0.482 e. The summed E-state index contributed by atoms with van der Waals surface area (Å²) in [5.41, 5.74) is 0.380. The Morgan fingerprint density at radius 2 is 1.61 bits per heavy atom. The van der Waals surface area contributed by atoms with Crippen molar-refractivity contribution in [2.24, 2.45) is 0 Å². The molecular weight excluding hydrogens is 302 g/mol. The highest BCUT2D eigenvalue weighted by Gasteiger charge is 2.11. The van der Waals surface area contributed by atoms with Gasteiger partial charge >= 0.3 is 5.97 Å². The Bertz CT molecular complexity index is 696. The Morgan fingerprint density at radius 3 is 2.22 bits per heavy atom. The van der Waals surface area contributed by atoms with Crippen molar-refractivity contribution in [1.29, 1.82) is 0 Å². The molecule has 7 nitrogen and oxygen atoms in total. The molecule has 0 unspecified atom stereocenters. The third-order valence-corrected chi connectivity index (χ3v) is 2.86. The van der Waals surface area contributed by atoms with E-state index in [0.29, 0.717) is 11.3 Å². The molecule has 0 saturated carbocycles. The number of carbonyl (C=O) groups is 2. The van der Waals surface area contributed by atoms with Gasteiger partial charge in [-0.3, -0.25) is 14.9 Å². The second-order valence-electron chi connectivity index (χ2n) is 4.49. The number of carbonyl (C=O) groups excluding carboxylic acids is 2. The number of esters is 1. The molecule has 0 aliphatic rings. The van der Waals surface area contributed by atoms with Crippen LogP contribution in [0.3, 0.4) is 0 Å². The van der Waals surface area contributed by atoms with Gasteiger partial charge in [0.05, 0.1) is 4.92 Å². The minimum atomic E-state index is -0.701. The van der Waals surface area contributed by atoms with Crippen molar-refractivity contribution in [1.82, 2.24) is 0 Å². The van der Waals surface area contributed by atoms with Gasteiger partial charge in [0.15, 0.2) is 19.0 Å². The van der Waals surface area contributed by atoms with Gasteiger partial charge < -0.3 is 9.47 Å². The average Bonchev–Trinajstić information content (AvgIpc) is 2.59. The van der Waals surface area contributed by atoms with Gasteiger partial charge in [-0.05, 0) is 12.1 Å². The number of hydrogen-bond donors (Lipinski definition) is 0. The first kappa shape index (κ1) is 16.2. The molecule has 0 aliphatic carbocycles. The summed E-state index contributed by atoms with van der Waals surface area (Å²) in [5.74, 6) is -0.719. The minimum Gasteiger partial charge on any atom is -0.482 e. The molecule has 0 fully saturated rings. The molecule has 0 atom stereocenters. The molecule has 0 aromatic heterocycles. The molecule has 2 aromatic carbocycles. The Morgan fingerprint density at radius 1 is 0.957 bits per heavy atom. The van der Waals surface area contributed by atoms with Crippen molar-refractivity contribution < 1.29 is 24.0 Å². The van der Waals surface area contributed by atoms with Gasteiger partial charge in [0, 0.05) is 17.7 Å². The highest BCUT2D eigenvalue weighted by molar-refractivity contribution is 5.97. The van der Waals surface area contributed by atoms with Crippen molar-refractivity contribution in [2.45, 2.75) is 0 Å². The fourth-order valence-corrected chi connectivity index (χ4v) is 1.70. The maximum Gasteiger partial charge on any atom is 0.344 e. The molecule has 23 heavy (non-hydrogen) atoms. The fraction of sp³-hybridized carbons (Fsp3) is 0.125. The number of nitro groups is 1. The van der Waals surface area contributed by atoms with E-state index in [-0.39, 0.29) is 24.7 Å². The first-order chi connectivity index (χ1) is 11.1. The molecule has 7 heteroatoms. The van der Waals surface area contributed by atoms with Crippen molar-refractivity contribution in [3.63, 3.8) is 0 Å². The number of rotatable bonds is 7. The van der Waals surface area contributed by atoms with Crippen molar-refractivity contribution in [3.05, 3.63) is 70.3 Å². The molecule has 0 aliphatic heterocycles. The van der Waals surface area contributed by atoms with Gasteiger partial charge in [-0.15, -0.1) is 0 Å². The van der Waals surface area contributed by atoms with E-state index in [0.717, 1.165) is 0 Å².